The van der Waals surface area contributed by atoms with Gasteiger partial charge in [-0.3, -0.25) is 4.79 Å². The van der Waals surface area contributed by atoms with Gasteiger partial charge >= 0.3 is 5.97 Å². The summed E-state index contributed by atoms with van der Waals surface area (Å²) in [6.45, 7) is 1.55. The number of anilines is 1. The Labute approximate surface area is 148 Å². The van der Waals surface area contributed by atoms with E-state index in [9.17, 15) is 20.3 Å². The minimum atomic E-state index is -1.89. The Kier molecular flexibility index (Phi) is 4.78. The van der Waals surface area contributed by atoms with Gasteiger partial charge in [0.1, 0.15) is 42.8 Å². The predicted octanol–water partition coefficient (Wildman–Crippen LogP) is -0.506. The molecule has 0 amide bonds. The summed E-state index contributed by atoms with van der Waals surface area (Å²) in [5.41, 5.74) is 4.52. The number of nitriles is 1. The highest BCUT2D eigenvalue weighted by atomic mass is 16.6. The average Bonchev–Trinajstić information content (AvgIpc) is 3.16. The Bertz CT molecular complexity index is 862. The second kappa shape index (κ2) is 6.87. The first kappa shape index (κ1) is 18.1. The molecule has 3 rings (SSSR count). The van der Waals surface area contributed by atoms with E-state index in [1.54, 1.807) is 6.07 Å². The summed E-state index contributed by atoms with van der Waals surface area (Å²) in [4.78, 5) is 15.4. The number of nitrogens with zero attached hydrogens (tertiary/aromatic N) is 4. The summed E-state index contributed by atoms with van der Waals surface area (Å²) < 4.78 is 12.1. The topological polar surface area (TPSA) is 156 Å². The van der Waals surface area contributed by atoms with Gasteiger partial charge in [-0.15, -0.1) is 0 Å². The van der Waals surface area contributed by atoms with Crippen LogP contribution < -0.4 is 5.73 Å². The Morgan fingerprint density at radius 3 is 3.00 bits per heavy atom. The van der Waals surface area contributed by atoms with Gasteiger partial charge in [0.05, 0.1) is 5.69 Å². The molecule has 3 heterocycles. The number of ether oxygens (including phenoxy) is 2. The number of hydrogen-bond acceptors (Lipinski definition) is 9. The first-order valence-electron chi connectivity index (χ1n) is 8.14. The van der Waals surface area contributed by atoms with E-state index in [-0.39, 0.29) is 24.5 Å². The first-order valence-corrected chi connectivity index (χ1v) is 8.14. The van der Waals surface area contributed by atoms with Crippen molar-refractivity contribution in [3.63, 3.8) is 0 Å². The van der Waals surface area contributed by atoms with Crippen molar-refractivity contribution in [2.24, 2.45) is 0 Å². The van der Waals surface area contributed by atoms with Crippen LogP contribution in [-0.4, -0.2) is 55.7 Å². The maximum Gasteiger partial charge on any atom is 0.305 e. The van der Waals surface area contributed by atoms with Crippen LogP contribution in [0.5, 0.6) is 0 Å². The number of nitrogens with two attached hydrogens (primary N) is 1. The van der Waals surface area contributed by atoms with Gasteiger partial charge in [0.25, 0.3) is 0 Å². The third-order valence-electron chi connectivity index (χ3n) is 4.35. The Balaban J connectivity index is 1.92. The highest BCUT2D eigenvalue weighted by Crippen LogP contribution is 2.40. The van der Waals surface area contributed by atoms with Gasteiger partial charge in [0.15, 0.2) is 5.82 Å². The molecule has 138 valence electrons. The van der Waals surface area contributed by atoms with Gasteiger partial charge in [-0.05, 0) is 18.6 Å². The smallest absolute Gasteiger partial charge is 0.305 e. The zero-order chi connectivity index (χ0) is 18.9. The third kappa shape index (κ3) is 2.76. The van der Waals surface area contributed by atoms with Crippen LogP contribution in [0.15, 0.2) is 18.5 Å². The molecule has 0 radical (unpaired) electrons. The standard InChI is InChI=1S/C16H19N5O5/c1-2-3-12(22)25-6-10-13(23)14(24)16(7-17,26-10)11-5-4-9-15(18)19-8-20-21(9)11/h4-5,8,10,13-14,23-24H,2-3,6H2,1H3,(H2,18,19,20)/t10-,13-,14-,16+/m1/s1. The monoisotopic (exact) mass is 361 g/mol. The van der Waals surface area contributed by atoms with E-state index in [0.29, 0.717) is 11.9 Å². The SMILES string of the molecule is CCCC(=O)OC[C@H]1O[C@@](C#N)(c2ccc3c(N)ncnn23)[C@H](O)[C@@H]1O. The van der Waals surface area contributed by atoms with Crippen molar-refractivity contribution < 1.29 is 24.5 Å². The minimum Gasteiger partial charge on any atom is -0.463 e. The number of rotatable bonds is 5. The van der Waals surface area contributed by atoms with Crippen LogP contribution in [-0.2, 0) is 19.9 Å². The van der Waals surface area contributed by atoms with E-state index >= 15 is 0 Å². The molecule has 1 saturated heterocycles. The number of nitrogen functional groups attached to an aromatic ring is 1. The van der Waals surface area contributed by atoms with Crippen molar-refractivity contribution >= 4 is 17.3 Å². The molecule has 1 aliphatic heterocycles. The Hall–Kier alpha value is -2.74. The molecule has 0 spiro atoms. The molecule has 2 aromatic rings. The highest BCUT2D eigenvalue weighted by molar-refractivity contribution is 5.69. The summed E-state index contributed by atoms with van der Waals surface area (Å²) >= 11 is 0. The third-order valence-corrected chi connectivity index (χ3v) is 4.35. The van der Waals surface area contributed by atoms with Crippen molar-refractivity contribution in [1.82, 2.24) is 14.6 Å². The van der Waals surface area contributed by atoms with Crippen molar-refractivity contribution in [2.45, 2.75) is 43.7 Å². The zero-order valence-corrected chi connectivity index (χ0v) is 14.1. The number of esters is 1. The van der Waals surface area contributed by atoms with E-state index in [2.05, 4.69) is 10.1 Å². The van der Waals surface area contributed by atoms with E-state index in [1.165, 1.54) is 16.9 Å². The maximum atomic E-state index is 11.5. The van der Waals surface area contributed by atoms with Crippen LogP contribution in [0.1, 0.15) is 25.5 Å². The van der Waals surface area contributed by atoms with E-state index < -0.39 is 29.9 Å². The van der Waals surface area contributed by atoms with Gasteiger partial charge in [-0.1, -0.05) is 6.92 Å². The number of aromatic nitrogens is 3. The zero-order valence-electron chi connectivity index (χ0n) is 14.1. The molecule has 0 unspecified atom stereocenters. The molecule has 1 aliphatic rings. The molecule has 2 aromatic heterocycles. The fraction of sp³-hybridized carbons (Fsp3) is 0.500. The van der Waals surface area contributed by atoms with E-state index in [4.69, 9.17) is 15.2 Å². The van der Waals surface area contributed by atoms with Crippen LogP contribution in [0.3, 0.4) is 0 Å². The summed E-state index contributed by atoms with van der Waals surface area (Å²) in [6.07, 6.45) is -2.00. The molecular formula is C16H19N5O5. The van der Waals surface area contributed by atoms with Crippen LogP contribution in [0.25, 0.3) is 5.52 Å². The fourth-order valence-corrected chi connectivity index (χ4v) is 3.00. The molecule has 0 aromatic carbocycles. The molecular weight excluding hydrogens is 342 g/mol. The van der Waals surface area contributed by atoms with Crippen molar-refractivity contribution in [1.29, 1.82) is 5.26 Å². The van der Waals surface area contributed by atoms with Gasteiger partial charge in [0, 0.05) is 6.42 Å². The molecule has 10 nitrogen and oxygen atoms in total. The van der Waals surface area contributed by atoms with Crippen molar-refractivity contribution in [3.8, 4) is 6.07 Å². The van der Waals surface area contributed by atoms with Gasteiger partial charge < -0.3 is 25.4 Å². The summed E-state index contributed by atoms with van der Waals surface area (Å²) in [7, 11) is 0. The summed E-state index contributed by atoms with van der Waals surface area (Å²) in [6, 6.07) is 5.02. The van der Waals surface area contributed by atoms with E-state index in [0.717, 1.165) is 0 Å². The first-order chi connectivity index (χ1) is 12.4. The lowest BCUT2D eigenvalue weighted by Crippen LogP contribution is -2.41. The Morgan fingerprint density at radius 1 is 1.54 bits per heavy atom. The minimum absolute atomic E-state index is 0.192. The maximum absolute atomic E-state index is 11.5. The number of fused-ring (bicyclic) bond motifs is 1. The molecule has 4 atom stereocenters. The quantitative estimate of drug-likeness (QED) is 0.597. The molecule has 1 fully saturated rings. The molecule has 26 heavy (non-hydrogen) atoms. The molecule has 0 bridgehead atoms. The average molecular weight is 361 g/mol. The van der Waals surface area contributed by atoms with Gasteiger partial charge in [-0.25, -0.2) is 9.50 Å². The summed E-state index contributed by atoms with van der Waals surface area (Å²) in [5.74, 6) is -0.252. The second-order valence-corrected chi connectivity index (χ2v) is 6.03. The number of hydrogen-bond donors (Lipinski definition) is 3. The molecule has 10 heteroatoms. The number of aliphatic hydroxyl groups excluding tert-OH is 2. The number of aliphatic hydroxyl groups is 2. The second-order valence-electron chi connectivity index (χ2n) is 6.03. The van der Waals surface area contributed by atoms with Crippen molar-refractivity contribution in [2.75, 3.05) is 12.3 Å². The normalized spacial score (nSPS) is 28.2. The largest absolute Gasteiger partial charge is 0.463 e. The van der Waals surface area contributed by atoms with Crippen LogP contribution in [0.2, 0.25) is 0 Å². The van der Waals surface area contributed by atoms with Crippen LogP contribution in [0.4, 0.5) is 5.82 Å². The molecule has 0 aliphatic carbocycles. The number of carbonyl (C=O) groups excluding carboxylic acids is 1. The highest BCUT2D eigenvalue weighted by Gasteiger charge is 2.57. The lowest BCUT2D eigenvalue weighted by Gasteiger charge is -2.24. The van der Waals surface area contributed by atoms with Gasteiger partial charge in [0.2, 0.25) is 5.60 Å². The lowest BCUT2D eigenvalue weighted by atomic mass is 9.92. The predicted molar refractivity (Wildman–Crippen MR) is 87.4 cm³/mol. The Morgan fingerprint density at radius 2 is 2.31 bits per heavy atom. The van der Waals surface area contributed by atoms with Crippen LogP contribution >= 0.6 is 0 Å². The fourth-order valence-electron chi connectivity index (χ4n) is 3.00. The lowest BCUT2D eigenvalue weighted by molar-refractivity contribution is -0.150. The summed E-state index contributed by atoms with van der Waals surface area (Å²) in [5, 5.41) is 34.6. The molecule has 4 N–H and O–H groups in total. The number of carbonyl (C=O) groups is 1. The van der Waals surface area contributed by atoms with Gasteiger partial charge in [-0.2, -0.15) is 10.4 Å². The van der Waals surface area contributed by atoms with E-state index in [1.807, 2.05) is 13.0 Å². The molecule has 0 saturated carbocycles. The van der Waals surface area contributed by atoms with Crippen molar-refractivity contribution in [3.05, 3.63) is 24.2 Å². The van der Waals surface area contributed by atoms with Crippen LogP contribution in [0, 0.1) is 11.3 Å².